The van der Waals surface area contributed by atoms with Gasteiger partial charge in [-0.05, 0) is 31.6 Å². The smallest absolute Gasteiger partial charge is 0.312 e. The second-order valence-corrected chi connectivity index (χ2v) is 5.14. The zero-order valence-corrected chi connectivity index (χ0v) is 10.4. The van der Waals surface area contributed by atoms with Crippen LogP contribution in [0.3, 0.4) is 0 Å². The van der Waals surface area contributed by atoms with Crippen LogP contribution < -0.4 is 0 Å². The lowest BCUT2D eigenvalue weighted by atomic mass is 9.96. The molecule has 4 nitrogen and oxygen atoms in total. The first-order valence-electron chi connectivity index (χ1n) is 6.20. The van der Waals surface area contributed by atoms with Gasteiger partial charge < -0.3 is 14.6 Å². The van der Waals surface area contributed by atoms with Gasteiger partial charge in [-0.15, -0.1) is 0 Å². The lowest BCUT2D eigenvalue weighted by Gasteiger charge is -2.28. The fraction of sp³-hybridized carbons (Fsp3) is 0.769. The standard InChI is InChI=1S/C13H20O4/c1-9-8-10(9)4-3-5-11(12(14)15)13(2)16-6-7-17-13/h3-4,9-11H,5-8H2,1-2H3,(H,14,15)/b4-3-. The van der Waals surface area contributed by atoms with Gasteiger partial charge in [0.25, 0.3) is 0 Å². The first kappa shape index (κ1) is 12.6. The van der Waals surface area contributed by atoms with E-state index in [9.17, 15) is 9.90 Å². The molecule has 2 rings (SSSR count). The topological polar surface area (TPSA) is 55.8 Å². The molecule has 0 bridgehead atoms. The second-order valence-electron chi connectivity index (χ2n) is 5.14. The van der Waals surface area contributed by atoms with E-state index in [-0.39, 0.29) is 0 Å². The highest BCUT2D eigenvalue weighted by molar-refractivity contribution is 5.71. The zero-order chi connectivity index (χ0) is 12.5. The summed E-state index contributed by atoms with van der Waals surface area (Å²) < 4.78 is 10.8. The van der Waals surface area contributed by atoms with E-state index in [1.807, 2.05) is 6.08 Å². The fourth-order valence-corrected chi connectivity index (χ4v) is 2.28. The summed E-state index contributed by atoms with van der Waals surface area (Å²) in [6.45, 7) is 4.87. The number of carbonyl (C=O) groups is 1. The van der Waals surface area contributed by atoms with Gasteiger partial charge in [-0.2, -0.15) is 0 Å². The quantitative estimate of drug-likeness (QED) is 0.747. The van der Waals surface area contributed by atoms with Gasteiger partial charge in [-0.3, -0.25) is 4.79 Å². The number of carboxylic acids is 1. The van der Waals surface area contributed by atoms with E-state index in [0.717, 1.165) is 5.92 Å². The molecule has 1 aliphatic carbocycles. The molecule has 2 fully saturated rings. The normalized spacial score (nSPS) is 32.8. The Bertz CT molecular complexity index is 317. The Kier molecular flexibility index (Phi) is 3.54. The van der Waals surface area contributed by atoms with Gasteiger partial charge in [0, 0.05) is 0 Å². The van der Waals surface area contributed by atoms with E-state index < -0.39 is 17.7 Å². The van der Waals surface area contributed by atoms with E-state index in [0.29, 0.717) is 25.6 Å². The molecule has 0 aromatic rings. The molecule has 4 heteroatoms. The molecule has 1 saturated carbocycles. The molecule has 17 heavy (non-hydrogen) atoms. The van der Waals surface area contributed by atoms with Crippen molar-refractivity contribution in [1.29, 1.82) is 0 Å². The summed E-state index contributed by atoms with van der Waals surface area (Å²) in [5.41, 5.74) is 0. The highest BCUT2D eigenvalue weighted by Gasteiger charge is 2.43. The Hall–Kier alpha value is -0.870. The molecule has 3 unspecified atom stereocenters. The van der Waals surface area contributed by atoms with Crippen LogP contribution in [-0.2, 0) is 14.3 Å². The molecular weight excluding hydrogens is 220 g/mol. The van der Waals surface area contributed by atoms with Gasteiger partial charge in [0.05, 0.1) is 13.2 Å². The average molecular weight is 240 g/mol. The molecule has 0 radical (unpaired) electrons. The van der Waals surface area contributed by atoms with Crippen molar-refractivity contribution >= 4 is 5.97 Å². The van der Waals surface area contributed by atoms with E-state index in [1.165, 1.54) is 6.42 Å². The summed E-state index contributed by atoms with van der Waals surface area (Å²) in [7, 11) is 0. The van der Waals surface area contributed by atoms with Crippen molar-refractivity contribution in [3.8, 4) is 0 Å². The molecule has 0 spiro atoms. The van der Waals surface area contributed by atoms with Crippen LogP contribution in [0.5, 0.6) is 0 Å². The molecule has 2 aliphatic rings. The number of aliphatic carboxylic acids is 1. The molecule has 0 aromatic heterocycles. The summed E-state index contributed by atoms with van der Waals surface area (Å²) >= 11 is 0. The third-order valence-electron chi connectivity index (χ3n) is 3.72. The molecule has 1 heterocycles. The summed E-state index contributed by atoms with van der Waals surface area (Å²) in [6, 6.07) is 0. The lowest BCUT2D eigenvalue weighted by molar-refractivity contribution is -0.196. The molecule has 96 valence electrons. The average Bonchev–Trinajstić information content (AvgIpc) is 2.76. The van der Waals surface area contributed by atoms with Gasteiger partial charge in [-0.1, -0.05) is 19.1 Å². The molecule has 0 amide bonds. The number of hydrogen-bond acceptors (Lipinski definition) is 3. The minimum Gasteiger partial charge on any atom is -0.481 e. The van der Waals surface area contributed by atoms with Crippen LogP contribution in [0.4, 0.5) is 0 Å². The largest absolute Gasteiger partial charge is 0.481 e. The maximum atomic E-state index is 11.3. The number of ether oxygens (including phenoxy) is 2. The number of rotatable bonds is 5. The SMILES string of the molecule is CC1CC1/C=C\CC(C(=O)O)C1(C)OCCO1. The van der Waals surface area contributed by atoms with Crippen molar-refractivity contribution in [2.45, 2.75) is 32.5 Å². The predicted molar refractivity (Wildman–Crippen MR) is 62.5 cm³/mol. The van der Waals surface area contributed by atoms with E-state index in [1.54, 1.807) is 6.92 Å². The monoisotopic (exact) mass is 240 g/mol. The predicted octanol–water partition coefficient (Wildman–Crippen LogP) is 2.05. The van der Waals surface area contributed by atoms with Gasteiger partial charge in [0.2, 0.25) is 0 Å². The van der Waals surface area contributed by atoms with Crippen molar-refractivity contribution in [2.75, 3.05) is 13.2 Å². The van der Waals surface area contributed by atoms with E-state index >= 15 is 0 Å². The fourth-order valence-electron chi connectivity index (χ4n) is 2.28. The highest BCUT2D eigenvalue weighted by Crippen LogP contribution is 2.39. The zero-order valence-electron chi connectivity index (χ0n) is 10.4. The maximum absolute atomic E-state index is 11.3. The van der Waals surface area contributed by atoms with Crippen LogP contribution in [0, 0.1) is 17.8 Å². The third kappa shape index (κ3) is 2.87. The molecule has 1 N–H and O–H groups in total. The summed E-state index contributed by atoms with van der Waals surface area (Å²) in [4.78, 5) is 11.3. The Balaban J connectivity index is 1.92. The van der Waals surface area contributed by atoms with Crippen LogP contribution in [0.2, 0.25) is 0 Å². The summed E-state index contributed by atoms with van der Waals surface area (Å²) in [6.07, 6.45) is 5.77. The van der Waals surface area contributed by atoms with Gasteiger partial charge in [0.1, 0.15) is 5.92 Å². The van der Waals surface area contributed by atoms with Gasteiger partial charge >= 0.3 is 5.97 Å². The summed E-state index contributed by atoms with van der Waals surface area (Å²) in [5.74, 6) is -1.06. The van der Waals surface area contributed by atoms with Crippen molar-refractivity contribution < 1.29 is 19.4 Å². The maximum Gasteiger partial charge on any atom is 0.312 e. The van der Waals surface area contributed by atoms with Crippen molar-refractivity contribution in [3.63, 3.8) is 0 Å². The molecule has 0 aromatic carbocycles. The van der Waals surface area contributed by atoms with Crippen LogP contribution in [0.15, 0.2) is 12.2 Å². The minimum absolute atomic E-state index is 0.467. The van der Waals surface area contributed by atoms with Crippen molar-refractivity contribution in [2.24, 2.45) is 17.8 Å². The molecule has 3 atom stereocenters. The van der Waals surface area contributed by atoms with Crippen LogP contribution >= 0.6 is 0 Å². The molecule has 1 aliphatic heterocycles. The second kappa shape index (κ2) is 4.78. The van der Waals surface area contributed by atoms with Gasteiger partial charge in [-0.25, -0.2) is 0 Å². The Labute approximate surface area is 102 Å². The Morgan fingerprint density at radius 3 is 2.59 bits per heavy atom. The first-order chi connectivity index (χ1) is 8.03. The van der Waals surface area contributed by atoms with E-state index in [2.05, 4.69) is 13.0 Å². The Morgan fingerprint density at radius 1 is 1.53 bits per heavy atom. The number of allylic oxidation sites excluding steroid dienone is 2. The summed E-state index contributed by atoms with van der Waals surface area (Å²) in [5, 5.41) is 9.24. The van der Waals surface area contributed by atoms with Gasteiger partial charge in [0.15, 0.2) is 5.79 Å². The lowest BCUT2D eigenvalue weighted by Crippen LogP contribution is -2.40. The van der Waals surface area contributed by atoms with Crippen molar-refractivity contribution in [1.82, 2.24) is 0 Å². The highest BCUT2D eigenvalue weighted by atomic mass is 16.7. The first-order valence-corrected chi connectivity index (χ1v) is 6.20. The number of hydrogen-bond donors (Lipinski definition) is 1. The minimum atomic E-state index is -0.967. The molecule has 1 saturated heterocycles. The number of carboxylic acid groups (broad SMARTS) is 1. The third-order valence-corrected chi connectivity index (χ3v) is 3.72. The van der Waals surface area contributed by atoms with Crippen molar-refractivity contribution in [3.05, 3.63) is 12.2 Å². The Morgan fingerprint density at radius 2 is 2.12 bits per heavy atom. The van der Waals surface area contributed by atoms with Crippen LogP contribution in [0.25, 0.3) is 0 Å². The van der Waals surface area contributed by atoms with E-state index in [4.69, 9.17) is 9.47 Å². The van der Waals surface area contributed by atoms with Crippen LogP contribution in [-0.4, -0.2) is 30.1 Å². The van der Waals surface area contributed by atoms with Crippen LogP contribution in [0.1, 0.15) is 26.7 Å². The molecular formula is C13H20O4.